The number of hydrogen-bond acceptors (Lipinski definition) is 5. The van der Waals surface area contributed by atoms with E-state index in [2.05, 4.69) is 21.6 Å². The molecule has 5 nitrogen and oxygen atoms in total. The van der Waals surface area contributed by atoms with Gasteiger partial charge in [-0.05, 0) is 50.6 Å². The summed E-state index contributed by atoms with van der Waals surface area (Å²) < 4.78 is 19.4. The highest BCUT2D eigenvalue weighted by atomic mass is 32.2. The fraction of sp³-hybridized carbons (Fsp3) is 0.211. The van der Waals surface area contributed by atoms with E-state index in [1.54, 1.807) is 13.0 Å². The van der Waals surface area contributed by atoms with Gasteiger partial charge in [0.05, 0.1) is 11.4 Å². The normalized spacial score (nSPS) is 10.8. The molecule has 0 spiro atoms. The van der Waals surface area contributed by atoms with Crippen molar-refractivity contribution in [1.82, 2.24) is 10.2 Å². The molecule has 0 unspecified atom stereocenters. The maximum Gasteiger partial charge on any atom is 0.277 e. The van der Waals surface area contributed by atoms with Crippen LogP contribution in [0, 0.1) is 26.6 Å². The Morgan fingerprint density at radius 2 is 1.81 bits per heavy atom. The van der Waals surface area contributed by atoms with Crippen LogP contribution in [-0.2, 0) is 4.79 Å². The van der Waals surface area contributed by atoms with E-state index in [9.17, 15) is 9.18 Å². The van der Waals surface area contributed by atoms with Gasteiger partial charge in [-0.3, -0.25) is 4.79 Å². The van der Waals surface area contributed by atoms with E-state index in [0.717, 1.165) is 34.0 Å². The number of carbonyl (C=O) groups is 1. The van der Waals surface area contributed by atoms with Crippen molar-refractivity contribution in [1.29, 1.82) is 0 Å². The Kier molecular flexibility index (Phi) is 5.37. The number of carbonyl (C=O) groups excluding carboxylic acids is 1. The first-order valence-corrected chi connectivity index (χ1v) is 9.00. The van der Waals surface area contributed by atoms with Crippen LogP contribution in [0.2, 0.25) is 0 Å². The molecule has 1 N–H and O–H groups in total. The zero-order chi connectivity index (χ0) is 18.7. The number of thioether (sulfide) groups is 1. The summed E-state index contributed by atoms with van der Waals surface area (Å²) in [4.78, 5) is 12.0. The standard InChI is InChI=1S/C19H18FN3O2S/c1-11-4-5-16(15(20)9-11)21-17(24)10-26-19-23-22-18(25-19)14-7-12(2)6-13(3)8-14/h4-9H,10H2,1-3H3,(H,21,24). The fourth-order valence-electron chi connectivity index (χ4n) is 2.52. The lowest BCUT2D eigenvalue weighted by molar-refractivity contribution is -0.113. The van der Waals surface area contributed by atoms with Crippen molar-refractivity contribution in [3.8, 4) is 11.5 Å². The molecule has 3 rings (SSSR count). The van der Waals surface area contributed by atoms with E-state index in [1.165, 1.54) is 12.1 Å². The van der Waals surface area contributed by atoms with Crippen molar-refractivity contribution in [2.75, 3.05) is 11.1 Å². The Morgan fingerprint density at radius 3 is 2.50 bits per heavy atom. The SMILES string of the molecule is Cc1cc(C)cc(-c2nnc(SCC(=O)Nc3ccc(C)cc3F)o2)c1. The van der Waals surface area contributed by atoms with Crippen LogP contribution >= 0.6 is 11.8 Å². The van der Waals surface area contributed by atoms with Crippen molar-refractivity contribution in [2.45, 2.75) is 26.0 Å². The second kappa shape index (κ2) is 7.70. The fourth-order valence-corrected chi connectivity index (χ4v) is 3.08. The van der Waals surface area contributed by atoms with Gasteiger partial charge in [0.25, 0.3) is 5.22 Å². The minimum absolute atomic E-state index is 0.0434. The average molecular weight is 371 g/mol. The molecule has 0 saturated carbocycles. The molecule has 0 radical (unpaired) electrons. The van der Waals surface area contributed by atoms with Gasteiger partial charge in [0.1, 0.15) is 5.82 Å². The Balaban J connectivity index is 1.61. The highest BCUT2D eigenvalue weighted by Crippen LogP contribution is 2.25. The van der Waals surface area contributed by atoms with Gasteiger partial charge >= 0.3 is 0 Å². The predicted molar refractivity (Wildman–Crippen MR) is 99.7 cm³/mol. The van der Waals surface area contributed by atoms with E-state index in [0.29, 0.717) is 11.1 Å². The van der Waals surface area contributed by atoms with Crippen molar-refractivity contribution < 1.29 is 13.6 Å². The minimum Gasteiger partial charge on any atom is -0.411 e. The molecule has 1 amide bonds. The van der Waals surface area contributed by atoms with Crippen LogP contribution in [0.5, 0.6) is 0 Å². The van der Waals surface area contributed by atoms with E-state index in [4.69, 9.17) is 4.42 Å². The molecule has 7 heteroatoms. The number of benzene rings is 2. The van der Waals surface area contributed by atoms with Crippen LogP contribution in [0.3, 0.4) is 0 Å². The molecule has 2 aromatic carbocycles. The summed E-state index contributed by atoms with van der Waals surface area (Å²) in [6.07, 6.45) is 0. The zero-order valence-electron chi connectivity index (χ0n) is 14.7. The van der Waals surface area contributed by atoms with Gasteiger partial charge in [-0.15, -0.1) is 10.2 Å². The van der Waals surface area contributed by atoms with Gasteiger partial charge < -0.3 is 9.73 Å². The molecule has 1 aromatic heterocycles. The summed E-state index contributed by atoms with van der Waals surface area (Å²) in [6, 6.07) is 10.6. The number of halogens is 1. The Labute approximate surface area is 155 Å². The maximum absolute atomic E-state index is 13.8. The van der Waals surface area contributed by atoms with Crippen LogP contribution < -0.4 is 5.32 Å². The lowest BCUT2D eigenvalue weighted by Gasteiger charge is -2.05. The minimum atomic E-state index is -0.460. The molecule has 0 fully saturated rings. The number of nitrogens with one attached hydrogen (secondary N) is 1. The largest absolute Gasteiger partial charge is 0.411 e. The number of aryl methyl sites for hydroxylation is 3. The van der Waals surface area contributed by atoms with Gasteiger partial charge in [-0.25, -0.2) is 4.39 Å². The summed E-state index contributed by atoms with van der Waals surface area (Å²) in [5, 5.41) is 10.8. The first kappa shape index (κ1) is 18.1. The zero-order valence-corrected chi connectivity index (χ0v) is 15.5. The quantitative estimate of drug-likeness (QED) is 0.667. The highest BCUT2D eigenvalue weighted by molar-refractivity contribution is 7.99. The molecule has 134 valence electrons. The van der Waals surface area contributed by atoms with Crippen molar-refractivity contribution >= 4 is 23.4 Å². The third-order valence-electron chi connectivity index (χ3n) is 3.60. The monoisotopic (exact) mass is 371 g/mol. The maximum atomic E-state index is 13.8. The molecule has 0 aliphatic rings. The van der Waals surface area contributed by atoms with Gasteiger partial charge in [-0.2, -0.15) is 0 Å². The molecular weight excluding hydrogens is 353 g/mol. The third kappa shape index (κ3) is 4.49. The summed E-state index contributed by atoms with van der Waals surface area (Å²) in [7, 11) is 0. The van der Waals surface area contributed by atoms with Gasteiger partial charge in [0.2, 0.25) is 11.8 Å². The van der Waals surface area contributed by atoms with Crippen LogP contribution in [0.1, 0.15) is 16.7 Å². The summed E-state index contributed by atoms with van der Waals surface area (Å²) in [5.41, 5.74) is 3.99. The molecule has 26 heavy (non-hydrogen) atoms. The van der Waals surface area contributed by atoms with Gasteiger partial charge in [-0.1, -0.05) is 35.0 Å². The molecule has 0 atom stereocenters. The molecule has 3 aromatic rings. The topological polar surface area (TPSA) is 68.0 Å². The van der Waals surface area contributed by atoms with Gasteiger partial charge in [0.15, 0.2) is 0 Å². The smallest absolute Gasteiger partial charge is 0.277 e. The molecule has 1 heterocycles. The predicted octanol–water partition coefficient (Wildman–Crippen LogP) is 4.53. The van der Waals surface area contributed by atoms with Crippen LogP contribution in [0.15, 0.2) is 46.0 Å². The number of rotatable bonds is 5. The lowest BCUT2D eigenvalue weighted by Crippen LogP contribution is -2.15. The summed E-state index contributed by atoms with van der Waals surface area (Å²) in [5.74, 6) is -0.353. The van der Waals surface area contributed by atoms with E-state index < -0.39 is 5.82 Å². The van der Waals surface area contributed by atoms with Crippen molar-refractivity contribution in [3.05, 3.63) is 58.9 Å². The summed E-state index contributed by atoms with van der Waals surface area (Å²) >= 11 is 1.11. The van der Waals surface area contributed by atoms with E-state index in [1.807, 2.05) is 26.0 Å². The van der Waals surface area contributed by atoms with E-state index >= 15 is 0 Å². The summed E-state index contributed by atoms with van der Waals surface area (Å²) in [6.45, 7) is 5.78. The molecule has 0 aliphatic carbocycles. The number of anilines is 1. The van der Waals surface area contributed by atoms with Crippen molar-refractivity contribution in [3.63, 3.8) is 0 Å². The Bertz CT molecular complexity index is 935. The Hall–Kier alpha value is -2.67. The molecular formula is C19H18FN3O2S. The number of aromatic nitrogens is 2. The molecule has 0 aliphatic heterocycles. The van der Waals surface area contributed by atoms with Crippen LogP contribution in [0.4, 0.5) is 10.1 Å². The lowest BCUT2D eigenvalue weighted by atomic mass is 10.1. The number of nitrogens with zero attached hydrogens (tertiary/aromatic N) is 2. The third-order valence-corrected chi connectivity index (χ3v) is 4.42. The number of hydrogen-bond donors (Lipinski definition) is 1. The highest BCUT2D eigenvalue weighted by Gasteiger charge is 2.13. The Morgan fingerprint density at radius 1 is 1.08 bits per heavy atom. The second-order valence-electron chi connectivity index (χ2n) is 6.07. The molecule has 0 bridgehead atoms. The van der Waals surface area contributed by atoms with Gasteiger partial charge in [0, 0.05) is 5.56 Å². The molecule has 0 saturated heterocycles. The second-order valence-corrected chi connectivity index (χ2v) is 7.00. The van der Waals surface area contributed by atoms with Crippen molar-refractivity contribution in [2.24, 2.45) is 0 Å². The average Bonchev–Trinajstić information content (AvgIpc) is 3.04. The first-order valence-electron chi connectivity index (χ1n) is 8.02. The first-order chi connectivity index (χ1) is 12.4. The number of amides is 1. The van der Waals surface area contributed by atoms with Crippen LogP contribution in [0.25, 0.3) is 11.5 Å². The van der Waals surface area contributed by atoms with E-state index in [-0.39, 0.29) is 17.3 Å². The van der Waals surface area contributed by atoms with Crippen LogP contribution in [-0.4, -0.2) is 21.9 Å².